The van der Waals surface area contributed by atoms with Crippen molar-refractivity contribution in [1.29, 1.82) is 0 Å². The maximum atomic E-state index is 6.35. The molecule has 0 aromatic rings. The normalized spacial score (nSPS) is 49.1. The Kier molecular flexibility index (Phi) is 5.10. The summed E-state index contributed by atoms with van der Waals surface area (Å²) in [6.45, 7) is 14.5. The first kappa shape index (κ1) is 17.3. The lowest BCUT2D eigenvalue weighted by Crippen LogP contribution is -2.49. The van der Waals surface area contributed by atoms with Crippen molar-refractivity contribution in [1.82, 2.24) is 0 Å². The SMILES string of the molecule is C[C@@H]1CC(C(C)(C)C2C[C@H](C)C(N)[C@@H](C)C2)C[C@H](C)C1N. The van der Waals surface area contributed by atoms with Gasteiger partial charge in [-0.15, -0.1) is 0 Å². The van der Waals surface area contributed by atoms with E-state index in [9.17, 15) is 0 Å². The van der Waals surface area contributed by atoms with E-state index in [0.717, 1.165) is 11.8 Å². The van der Waals surface area contributed by atoms with Gasteiger partial charge in [0.2, 0.25) is 0 Å². The van der Waals surface area contributed by atoms with Crippen molar-refractivity contribution in [2.24, 2.45) is 52.4 Å². The van der Waals surface area contributed by atoms with Crippen molar-refractivity contribution in [2.75, 3.05) is 0 Å². The Bertz CT molecular complexity index is 295. The van der Waals surface area contributed by atoms with Crippen LogP contribution in [0.15, 0.2) is 0 Å². The minimum atomic E-state index is 0.398. The van der Waals surface area contributed by atoms with E-state index in [1.165, 1.54) is 25.7 Å². The van der Waals surface area contributed by atoms with Crippen LogP contribution in [-0.2, 0) is 0 Å². The minimum Gasteiger partial charge on any atom is -0.327 e. The van der Waals surface area contributed by atoms with Gasteiger partial charge in [-0.05, 0) is 66.6 Å². The molecule has 0 radical (unpaired) electrons. The monoisotopic (exact) mass is 294 g/mol. The molecule has 2 aliphatic rings. The van der Waals surface area contributed by atoms with Gasteiger partial charge in [0.05, 0.1) is 0 Å². The Hall–Kier alpha value is -0.0800. The summed E-state index contributed by atoms with van der Waals surface area (Å²) in [4.78, 5) is 0. The van der Waals surface area contributed by atoms with E-state index in [1.54, 1.807) is 0 Å². The molecule has 0 aromatic carbocycles. The third-order valence-electron chi connectivity index (χ3n) is 7.36. The van der Waals surface area contributed by atoms with Gasteiger partial charge in [0, 0.05) is 12.1 Å². The highest BCUT2D eigenvalue weighted by Gasteiger charge is 2.45. The first-order chi connectivity index (χ1) is 9.64. The Morgan fingerprint density at radius 2 is 0.857 bits per heavy atom. The van der Waals surface area contributed by atoms with E-state index >= 15 is 0 Å². The molecule has 2 heteroatoms. The zero-order chi connectivity index (χ0) is 15.9. The van der Waals surface area contributed by atoms with Crippen LogP contribution in [0.2, 0.25) is 0 Å². The number of nitrogens with two attached hydrogens (primary N) is 2. The number of hydrogen-bond acceptors (Lipinski definition) is 2. The van der Waals surface area contributed by atoms with Crippen molar-refractivity contribution in [2.45, 2.75) is 79.3 Å². The molecular weight excluding hydrogens is 256 g/mol. The molecule has 6 atom stereocenters. The molecule has 0 spiro atoms. The zero-order valence-corrected chi connectivity index (χ0v) is 15.1. The summed E-state index contributed by atoms with van der Waals surface area (Å²) in [5.74, 6) is 4.30. The van der Waals surface area contributed by atoms with Gasteiger partial charge in [0.15, 0.2) is 0 Å². The van der Waals surface area contributed by atoms with E-state index in [0.29, 0.717) is 41.2 Å². The highest BCUT2D eigenvalue weighted by Crippen LogP contribution is 2.51. The van der Waals surface area contributed by atoms with E-state index in [4.69, 9.17) is 11.5 Å². The highest BCUT2D eigenvalue weighted by atomic mass is 14.7. The van der Waals surface area contributed by atoms with Gasteiger partial charge >= 0.3 is 0 Å². The van der Waals surface area contributed by atoms with Gasteiger partial charge in [-0.2, -0.15) is 0 Å². The van der Waals surface area contributed by atoms with Crippen LogP contribution in [-0.4, -0.2) is 12.1 Å². The molecule has 2 saturated carbocycles. The second-order valence-corrected chi connectivity index (χ2v) is 9.22. The summed E-state index contributed by atoms with van der Waals surface area (Å²) >= 11 is 0. The Balaban J connectivity index is 2.10. The summed E-state index contributed by atoms with van der Waals surface area (Å²) in [7, 11) is 0. The topological polar surface area (TPSA) is 52.0 Å². The van der Waals surface area contributed by atoms with E-state index in [2.05, 4.69) is 41.5 Å². The molecule has 2 fully saturated rings. The molecule has 0 bridgehead atoms. The molecule has 2 aliphatic carbocycles. The van der Waals surface area contributed by atoms with Crippen LogP contribution in [0.25, 0.3) is 0 Å². The molecule has 0 amide bonds. The van der Waals surface area contributed by atoms with Crippen LogP contribution in [0.1, 0.15) is 67.2 Å². The third-order valence-corrected chi connectivity index (χ3v) is 7.36. The van der Waals surface area contributed by atoms with Crippen molar-refractivity contribution in [3.8, 4) is 0 Å². The average Bonchev–Trinajstić information content (AvgIpc) is 2.40. The maximum Gasteiger partial charge on any atom is 0.00905 e. The predicted molar refractivity (Wildman–Crippen MR) is 91.8 cm³/mol. The summed E-state index contributed by atoms with van der Waals surface area (Å²) in [6.07, 6.45) is 5.24. The van der Waals surface area contributed by atoms with Crippen LogP contribution in [0, 0.1) is 40.9 Å². The van der Waals surface area contributed by atoms with Crippen molar-refractivity contribution in [3.05, 3.63) is 0 Å². The van der Waals surface area contributed by atoms with Crippen molar-refractivity contribution < 1.29 is 0 Å². The molecule has 2 nitrogen and oxygen atoms in total. The Morgan fingerprint density at radius 1 is 0.619 bits per heavy atom. The van der Waals surface area contributed by atoms with Crippen LogP contribution in [0.5, 0.6) is 0 Å². The van der Waals surface area contributed by atoms with E-state index < -0.39 is 0 Å². The molecule has 0 heterocycles. The highest BCUT2D eigenvalue weighted by molar-refractivity contribution is 4.97. The predicted octanol–water partition coefficient (Wildman–Crippen LogP) is 4.03. The first-order valence-corrected chi connectivity index (χ1v) is 9.15. The lowest BCUT2D eigenvalue weighted by atomic mass is 9.55. The molecule has 2 unspecified atom stereocenters. The second-order valence-electron chi connectivity index (χ2n) is 9.22. The molecule has 4 N–H and O–H groups in total. The molecule has 21 heavy (non-hydrogen) atoms. The van der Waals surface area contributed by atoms with Gasteiger partial charge in [-0.25, -0.2) is 0 Å². The van der Waals surface area contributed by atoms with Crippen LogP contribution < -0.4 is 11.5 Å². The molecule has 0 saturated heterocycles. The van der Waals surface area contributed by atoms with Crippen molar-refractivity contribution in [3.63, 3.8) is 0 Å². The van der Waals surface area contributed by atoms with Crippen molar-refractivity contribution >= 4 is 0 Å². The number of rotatable bonds is 2. The van der Waals surface area contributed by atoms with Crippen LogP contribution in [0.4, 0.5) is 0 Å². The van der Waals surface area contributed by atoms with Gasteiger partial charge in [-0.1, -0.05) is 41.5 Å². The van der Waals surface area contributed by atoms with Gasteiger partial charge in [0.25, 0.3) is 0 Å². The lowest BCUT2D eigenvalue weighted by Gasteiger charge is -2.51. The molecule has 0 aromatic heterocycles. The van der Waals surface area contributed by atoms with E-state index in [-0.39, 0.29) is 0 Å². The van der Waals surface area contributed by atoms with Gasteiger partial charge in [-0.3, -0.25) is 0 Å². The standard InChI is InChI=1S/C19H38N2/c1-11-7-15(8-12(2)17(11)20)19(5,6)16-9-13(3)18(21)14(4)10-16/h11-18H,7-10,20-21H2,1-6H3/t11-,12-,13-,14+,15?,16?,17?,18?/m0/s1. The van der Waals surface area contributed by atoms with Crippen LogP contribution in [0.3, 0.4) is 0 Å². The van der Waals surface area contributed by atoms with Gasteiger partial charge in [0.1, 0.15) is 0 Å². The number of hydrogen-bond donors (Lipinski definition) is 2. The molecule has 2 rings (SSSR count). The smallest absolute Gasteiger partial charge is 0.00905 e. The maximum absolute atomic E-state index is 6.35. The average molecular weight is 295 g/mol. The van der Waals surface area contributed by atoms with E-state index in [1.807, 2.05) is 0 Å². The first-order valence-electron chi connectivity index (χ1n) is 9.15. The lowest BCUT2D eigenvalue weighted by molar-refractivity contribution is -0.00130. The second kappa shape index (κ2) is 6.20. The fourth-order valence-corrected chi connectivity index (χ4v) is 5.29. The van der Waals surface area contributed by atoms with Crippen LogP contribution >= 0.6 is 0 Å². The fourth-order valence-electron chi connectivity index (χ4n) is 5.29. The summed E-state index contributed by atoms with van der Waals surface area (Å²) in [5.41, 5.74) is 13.1. The Morgan fingerprint density at radius 3 is 1.10 bits per heavy atom. The Labute approximate surface area is 132 Å². The molecular formula is C19H38N2. The fraction of sp³-hybridized carbons (Fsp3) is 1.00. The minimum absolute atomic E-state index is 0.398. The summed E-state index contributed by atoms with van der Waals surface area (Å²) in [5, 5.41) is 0. The zero-order valence-electron chi connectivity index (χ0n) is 15.1. The summed E-state index contributed by atoms with van der Waals surface area (Å²) in [6, 6.07) is 0.796. The third kappa shape index (κ3) is 3.32. The summed E-state index contributed by atoms with van der Waals surface area (Å²) < 4.78 is 0. The molecule has 0 aliphatic heterocycles. The van der Waals surface area contributed by atoms with Gasteiger partial charge < -0.3 is 11.5 Å². The quantitative estimate of drug-likeness (QED) is 0.808. The molecule has 124 valence electrons. The largest absolute Gasteiger partial charge is 0.327 e.